The smallest absolute Gasteiger partial charge is 0.323 e. The first-order chi connectivity index (χ1) is 19.9. The van der Waals surface area contributed by atoms with Gasteiger partial charge in [0.15, 0.2) is 6.29 Å². The SMILES string of the molecule is CC1C(CN2CCCC2C(=O)OC(C)(C)C)OC(c2ccc(NC(=O)CCC(=O)O)cc2)OC1c1ccc(CO)cc1. The largest absolute Gasteiger partial charge is 0.481 e. The Labute approximate surface area is 246 Å². The molecule has 2 aromatic rings. The number of nitrogens with zero attached hydrogens (tertiary/aromatic N) is 1. The average molecular weight is 583 g/mol. The Morgan fingerprint density at radius 3 is 2.29 bits per heavy atom. The minimum absolute atomic E-state index is 0.0457. The van der Waals surface area contributed by atoms with E-state index in [9.17, 15) is 19.5 Å². The summed E-state index contributed by atoms with van der Waals surface area (Å²) in [6, 6.07) is 14.5. The average Bonchev–Trinajstić information content (AvgIpc) is 3.41. The number of nitrogens with one attached hydrogen (secondary N) is 1. The quantitative estimate of drug-likeness (QED) is 0.344. The number of ether oxygens (including phenoxy) is 3. The highest BCUT2D eigenvalue weighted by atomic mass is 16.7. The van der Waals surface area contributed by atoms with Gasteiger partial charge in [-0.2, -0.15) is 0 Å². The monoisotopic (exact) mass is 582 g/mol. The molecule has 0 aliphatic carbocycles. The number of aliphatic hydroxyl groups excluding tert-OH is 1. The number of rotatable bonds is 10. The molecular formula is C32H42N2O8. The maximum absolute atomic E-state index is 13.0. The number of amides is 1. The number of carbonyl (C=O) groups excluding carboxylic acids is 2. The molecule has 0 saturated carbocycles. The van der Waals surface area contributed by atoms with E-state index in [1.807, 2.05) is 57.2 Å². The zero-order chi connectivity index (χ0) is 30.4. The maximum Gasteiger partial charge on any atom is 0.323 e. The summed E-state index contributed by atoms with van der Waals surface area (Å²) >= 11 is 0. The predicted octanol–water partition coefficient (Wildman–Crippen LogP) is 4.58. The molecule has 0 aromatic heterocycles. The molecule has 2 heterocycles. The lowest BCUT2D eigenvalue weighted by Gasteiger charge is -2.43. The Morgan fingerprint density at radius 2 is 1.67 bits per heavy atom. The first-order valence-corrected chi connectivity index (χ1v) is 14.5. The first-order valence-electron chi connectivity index (χ1n) is 14.5. The normalized spacial score (nSPS) is 24.7. The molecule has 228 valence electrons. The fraction of sp³-hybridized carbons (Fsp3) is 0.531. The summed E-state index contributed by atoms with van der Waals surface area (Å²) in [5.74, 6) is -1.66. The lowest BCUT2D eigenvalue weighted by atomic mass is 9.90. The van der Waals surface area contributed by atoms with Crippen molar-refractivity contribution in [1.29, 1.82) is 0 Å². The zero-order valence-electron chi connectivity index (χ0n) is 24.7. The van der Waals surface area contributed by atoms with Crippen molar-refractivity contribution in [2.45, 2.75) is 90.1 Å². The number of carboxylic acid groups (broad SMARTS) is 1. The summed E-state index contributed by atoms with van der Waals surface area (Å²) in [5, 5.41) is 21.0. The second-order valence-corrected chi connectivity index (χ2v) is 12.1. The number of aliphatic hydroxyl groups is 1. The number of carbonyl (C=O) groups is 3. The lowest BCUT2D eigenvalue weighted by molar-refractivity contribution is -0.276. The molecule has 2 fully saturated rings. The van der Waals surface area contributed by atoms with Crippen LogP contribution in [0.3, 0.4) is 0 Å². The molecule has 3 N–H and O–H groups in total. The molecule has 2 aliphatic rings. The van der Waals surface area contributed by atoms with E-state index in [1.165, 1.54) is 0 Å². The van der Waals surface area contributed by atoms with Gasteiger partial charge >= 0.3 is 11.9 Å². The Bertz CT molecular complexity index is 1220. The number of aliphatic carboxylic acids is 1. The van der Waals surface area contributed by atoms with Gasteiger partial charge in [0.1, 0.15) is 11.6 Å². The molecule has 5 atom stereocenters. The Balaban J connectivity index is 1.53. The second kappa shape index (κ2) is 13.8. The van der Waals surface area contributed by atoms with E-state index in [2.05, 4.69) is 17.1 Å². The van der Waals surface area contributed by atoms with Crippen LogP contribution in [0.1, 0.15) is 82.5 Å². The molecule has 5 unspecified atom stereocenters. The van der Waals surface area contributed by atoms with Crippen molar-refractivity contribution in [3.8, 4) is 0 Å². The number of carboxylic acids is 1. The van der Waals surface area contributed by atoms with Crippen LogP contribution in [0.2, 0.25) is 0 Å². The van der Waals surface area contributed by atoms with Crippen LogP contribution < -0.4 is 5.32 Å². The van der Waals surface area contributed by atoms with Crippen LogP contribution in [-0.2, 0) is 35.2 Å². The van der Waals surface area contributed by atoms with E-state index < -0.39 is 17.9 Å². The summed E-state index contributed by atoms with van der Waals surface area (Å²) in [6.45, 7) is 8.96. The fourth-order valence-electron chi connectivity index (χ4n) is 5.41. The van der Waals surface area contributed by atoms with Gasteiger partial charge in [-0.05, 0) is 63.4 Å². The van der Waals surface area contributed by atoms with Crippen LogP contribution >= 0.6 is 0 Å². The van der Waals surface area contributed by atoms with E-state index in [0.717, 1.165) is 36.1 Å². The molecule has 2 saturated heterocycles. The van der Waals surface area contributed by atoms with Gasteiger partial charge in [-0.3, -0.25) is 19.3 Å². The Morgan fingerprint density at radius 1 is 1.00 bits per heavy atom. The molecule has 0 bridgehead atoms. The number of likely N-dealkylation sites (tertiary alicyclic amines) is 1. The topological polar surface area (TPSA) is 135 Å². The van der Waals surface area contributed by atoms with Crippen LogP contribution in [0.25, 0.3) is 0 Å². The van der Waals surface area contributed by atoms with E-state index in [-0.39, 0.29) is 55.5 Å². The van der Waals surface area contributed by atoms with Gasteiger partial charge in [0, 0.05) is 30.1 Å². The second-order valence-electron chi connectivity index (χ2n) is 12.1. The van der Waals surface area contributed by atoms with Crippen molar-refractivity contribution in [2.24, 2.45) is 5.92 Å². The predicted molar refractivity (Wildman–Crippen MR) is 155 cm³/mol. The molecule has 0 spiro atoms. The minimum Gasteiger partial charge on any atom is -0.481 e. The van der Waals surface area contributed by atoms with Gasteiger partial charge < -0.3 is 29.7 Å². The highest BCUT2D eigenvalue weighted by Gasteiger charge is 2.42. The first kappa shape index (κ1) is 31.6. The molecule has 2 aromatic carbocycles. The lowest BCUT2D eigenvalue weighted by Crippen LogP contribution is -2.48. The van der Waals surface area contributed by atoms with Gasteiger partial charge in [0.05, 0.1) is 25.2 Å². The Kier molecular flexibility index (Phi) is 10.4. The third kappa shape index (κ3) is 8.38. The molecule has 4 rings (SSSR count). The number of benzene rings is 2. The number of esters is 1. The van der Waals surface area contributed by atoms with Gasteiger partial charge in [0.2, 0.25) is 5.91 Å². The van der Waals surface area contributed by atoms with Gasteiger partial charge in [-0.25, -0.2) is 0 Å². The van der Waals surface area contributed by atoms with Crippen molar-refractivity contribution < 1.29 is 38.8 Å². The van der Waals surface area contributed by atoms with Gasteiger partial charge in [-0.1, -0.05) is 43.3 Å². The van der Waals surface area contributed by atoms with E-state index in [0.29, 0.717) is 12.2 Å². The van der Waals surface area contributed by atoms with E-state index >= 15 is 0 Å². The third-order valence-electron chi connectivity index (χ3n) is 7.61. The highest BCUT2D eigenvalue weighted by molar-refractivity contribution is 5.92. The van der Waals surface area contributed by atoms with Crippen LogP contribution in [0, 0.1) is 5.92 Å². The summed E-state index contributed by atoms with van der Waals surface area (Å²) < 4.78 is 18.8. The summed E-state index contributed by atoms with van der Waals surface area (Å²) in [5.41, 5.74) is 2.52. The Hall–Kier alpha value is -3.31. The molecule has 2 aliphatic heterocycles. The summed E-state index contributed by atoms with van der Waals surface area (Å²) in [7, 11) is 0. The molecule has 10 nitrogen and oxygen atoms in total. The van der Waals surface area contributed by atoms with Crippen molar-refractivity contribution in [1.82, 2.24) is 4.90 Å². The van der Waals surface area contributed by atoms with Crippen molar-refractivity contribution in [3.05, 3.63) is 65.2 Å². The van der Waals surface area contributed by atoms with E-state index in [4.69, 9.17) is 19.3 Å². The molecule has 1 amide bonds. The van der Waals surface area contributed by atoms with Crippen molar-refractivity contribution in [3.63, 3.8) is 0 Å². The molecular weight excluding hydrogens is 540 g/mol. The summed E-state index contributed by atoms with van der Waals surface area (Å²) in [6.07, 6.45) is 0.0262. The fourth-order valence-corrected chi connectivity index (χ4v) is 5.41. The van der Waals surface area contributed by atoms with Gasteiger partial charge in [-0.15, -0.1) is 0 Å². The number of hydrogen-bond acceptors (Lipinski definition) is 8. The van der Waals surface area contributed by atoms with E-state index in [1.54, 1.807) is 12.1 Å². The van der Waals surface area contributed by atoms with Crippen LogP contribution in [0.4, 0.5) is 5.69 Å². The standard InChI is InChI=1S/C32H42N2O8/c1-20-26(18-34-17-5-6-25(34)30(39)42-32(2,3)4)40-31(41-29(20)22-9-7-21(19-35)8-10-22)23-11-13-24(14-12-23)33-27(36)15-16-28(37)38/h7-14,20,25-26,29,31,35H,5-6,15-19H2,1-4H3,(H,33,36)(H,37,38). The maximum atomic E-state index is 13.0. The summed E-state index contributed by atoms with van der Waals surface area (Å²) in [4.78, 5) is 38.0. The highest BCUT2D eigenvalue weighted by Crippen LogP contribution is 2.42. The van der Waals surface area contributed by atoms with Crippen LogP contribution in [0.15, 0.2) is 48.5 Å². The molecule has 0 radical (unpaired) electrons. The molecule has 10 heteroatoms. The van der Waals surface area contributed by atoms with Crippen molar-refractivity contribution >= 4 is 23.5 Å². The van der Waals surface area contributed by atoms with Crippen LogP contribution in [-0.4, -0.2) is 63.8 Å². The minimum atomic E-state index is -1.03. The van der Waals surface area contributed by atoms with Gasteiger partial charge in [0.25, 0.3) is 0 Å². The molecule has 42 heavy (non-hydrogen) atoms. The number of hydrogen-bond donors (Lipinski definition) is 3. The van der Waals surface area contributed by atoms with Crippen LogP contribution in [0.5, 0.6) is 0 Å². The third-order valence-corrected chi connectivity index (χ3v) is 7.61. The number of anilines is 1. The van der Waals surface area contributed by atoms with Crippen molar-refractivity contribution in [2.75, 3.05) is 18.4 Å². The zero-order valence-corrected chi connectivity index (χ0v) is 24.7.